The quantitative estimate of drug-likeness (QED) is 0.181. The molecule has 4 nitrogen and oxygen atoms in total. The second-order valence-electron chi connectivity index (χ2n) is 8.43. The van der Waals surface area contributed by atoms with Crippen LogP contribution in [-0.2, 0) is 0 Å². The number of hydrogen-bond acceptors (Lipinski definition) is 2. The first kappa shape index (κ1) is 21.8. The lowest BCUT2D eigenvalue weighted by molar-refractivity contribution is 1.17. The Kier molecular flexibility index (Phi) is 5.44. The highest BCUT2D eigenvalue weighted by atomic mass is 127. The normalized spacial score (nSPS) is 11.5. The zero-order valence-electron chi connectivity index (χ0n) is 18.6. The first-order valence-electron chi connectivity index (χ1n) is 11.0. The molecule has 166 valence electrons. The van der Waals surface area contributed by atoms with Gasteiger partial charge < -0.3 is 8.80 Å². The molecule has 0 bridgehead atoms. The minimum absolute atomic E-state index is 0.958. The maximum absolute atomic E-state index is 4.88. The van der Waals surface area contributed by atoms with E-state index in [-0.39, 0.29) is 0 Å². The van der Waals surface area contributed by atoms with Gasteiger partial charge in [-0.15, -0.1) is 0 Å². The Morgan fingerprint density at radius 3 is 1.38 bits per heavy atom. The van der Waals surface area contributed by atoms with Crippen molar-refractivity contribution in [2.75, 3.05) is 0 Å². The maximum Gasteiger partial charge on any atom is 0.137 e. The van der Waals surface area contributed by atoms with Gasteiger partial charge in [0, 0.05) is 43.1 Å². The summed E-state index contributed by atoms with van der Waals surface area (Å²) >= 11 is 4.67. The van der Waals surface area contributed by atoms with E-state index in [9.17, 15) is 0 Å². The minimum atomic E-state index is 0.958. The Bertz CT molecular complexity index is 1580. The van der Waals surface area contributed by atoms with Gasteiger partial charge in [-0.25, -0.2) is 9.97 Å². The maximum atomic E-state index is 4.88. The second kappa shape index (κ2) is 8.49. The van der Waals surface area contributed by atoms with Gasteiger partial charge in [0.2, 0.25) is 0 Å². The molecule has 4 aromatic heterocycles. The summed E-state index contributed by atoms with van der Waals surface area (Å²) in [6, 6.07) is 21.3. The van der Waals surface area contributed by atoms with Crippen molar-refractivity contribution in [2.24, 2.45) is 0 Å². The molecule has 0 spiro atoms. The van der Waals surface area contributed by atoms with Crippen LogP contribution in [0.4, 0.5) is 0 Å². The highest BCUT2D eigenvalue weighted by Crippen LogP contribution is 2.36. The minimum Gasteiger partial charge on any atom is -0.305 e. The number of benzene rings is 2. The molecular formula is C28H20I2N4. The van der Waals surface area contributed by atoms with E-state index in [4.69, 9.17) is 9.97 Å². The summed E-state index contributed by atoms with van der Waals surface area (Å²) in [5.74, 6) is 0. The molecule has 0 unspecified atom stereocenters. The van der Waals surface area contributed by atoms with Crippen LogP contribution >= 0.6 is 45.2 Å². The van der Waals surface area contributed by atoms with Crippen molar-refractivity contribution in [3.63, 3.8) is 0 Å². The number of fused-ring (bicyclic) bond motifs is 2. The van der Waals surface area contributed by atoms with Crippen molar-refractivity contribution in [2.45, 2.75) is 13.8 Å². The largest absolute Gasteiger partial charge is 0.305 e. The van der Waals surface area contributed by atoms with Crippen LogP contribution in [0, 0.1) is 21.0 Å². The number of nitrogens with zero attached hydrogens (tertiary/aromatic N) is 4. The van der Waals surface area contributed by atoms with Gasteiger partial charge >= 0.3 is 0 Å². The van der Waals surface area contributed by atoms with E-state index in [0.29, 0.717) is 0 Å². The SMILES string of the molecule is Cc1c(-c2cn3cc(I)ccc3n2)cccc1-c1cccc(-c2cn3cc(I)ccc3n2)c1C. The van der Waals surface area contributed by atoms with Crippen molar-refractivity contribution < 1.29 is 0 Å². The molecule has 0 aliphatic rings. The number of pyridine rings is 2. The molecular weight excluding hydrogens is 646 g/mol. The lowest BCUT2D eigenvalue weighted by Gasteiger charge is -2.14. The average molecular weight is 666 g/mol. The molecule has 34 heavy (non-hydrogen) atoms. The van der Waals surface area contributed by atoms with Crippen LogP contribution in [0.5, 0.6) is 0 Å². The van der Waals surface area contributed by atoms with E-state index in [2.05, 4.69) is 153 Å². The monoisotopic (exact) mass is 666 g/mol. The highest BCUT2D eigenvalue weighted by Gasteiger charge is 2.15. The third-order valence-corrected chi connectivity index (χ3v) is 7.62. The fourth-order valence-corrected chi connectivity index (χ4v) is 5.56. The summed E-state index contributed by atoms with van der Waals surface area (Å²) in [6.45, 7) is 4.38. The Morgan fingerprint density at radius 1 is 0.529 bits per heavy atom. The van der Waals surface area contributed by atoms with Crippen LogP contribution in [0.2, 0.25) is 0 Å². The zero-order chi connectivity index (χ0) is 23.4. The number of halogens is 2. The molecule has 0 aliphatic heterocycles. The van der Waals surface area contributed by atoms with Crippen LogP contribution in [-0.4, -0.2) is 18.8 Å². The summed E-state index contributed by atoms with van der Waals surface area (Å²) in [5, 5.41) is 0. The van der Waals surface area contributed by atoms with Crippen LogP contribution in [0.1, 0.15) is 11.1 Å². The lowest BCUT2D eigenvalue weighted by atomic mass is 9.90. The Morgan fingerprint density at radius 2 is 0.941 bits per heavy atom. The number of rotatable bonds is 3. The Hall–Kier alpha value is -2.72. The molecule has 0 saturated carbocycles. The first-order valence-corrected chi connectivity index (χ1v) is 13.1. The van der Waals surface area contributed by atoms with Crippen molar-refractivity contribution in [1.82, 2.24) is 18.8 Å². The standard InChI is InChI=1S/C28H20I2N4/c1-17-21(5-3-7-23(17)25-15-33-13-19(29)9-11-27(33)31-25)22-6-4-8-24(18(22)2)26-16-34-14-20(30)10-12-28(34)32-26/h3-16H,1-2H3. The van der Waals surface area contributed by atoms with Gasteiger partial charge in [0.15, 0.2) is 0 Å². The van der Waals surface area contributed by atoms with Gasteiger partial charge in [-0.05, 0) is 106 Å². The van der Waals surface area contributed by atoms with E-state index in [0.717, 1.165) is 33.8 Å². The molecule has 2 aromatic carbocycles. The van der Waals surface area contributed by atoms with E-state index < -0.39 is 0 Å². The van der Waals surface area contributed by atoms with E-state index in [1.165, 1.54) is 29.4 Å². The molecule has 0 atom stereocenters. The lowest BCUT2D eigenvalue weighted by Crippen LogP contribution is -1.93. The molecule has 0 radical (unpaired) electrons. The van der Waals surface area contributed by atoms with Crippen molar-refractivity contribution in [3.05, 3.63) is 104 Å². The number of hydrogen-bond donors (Lipinski definition) is 0. The van der Waals surface area contributed by atoms with E-state index >= 15 is 0 Å². The zero-order valence-corrected chi connectivity index (χ0v) is 22.9. The van der Waals surface area contributed by atoms with Gasteiger partial charge in [-0.1, -0.05) is 36.4 Å². The number of aromatic nitrogens is 4. The summed E-state index contributed by atoms with van der Waals surface area (Å²) in [4.78, 5) is 9.77. The summed E-state index contributed by atoms with van der Waals surface area (Å²) in [7, 11) is 0. The van der Waals surface area contributed by atoms with Crippen LogP contribution in [0.15, 0.2) is 85.5 Å². The van der Waals surface area contributed by atoms with Gasteiger partial charge in [0.25, 0.3) is 0 Å². The molecule has 6 aromatic rings. The Balaban J connectivity index is 1.47. The molecule has 0 fully saturated rings. The topological polar surface area (TPSA) is 34.6 Å². The van der Waals surface area contributed by atoms with Gasteiger partial charge in [0.05, 0.1) is 11.4 Å². The first-order chi connectivity index (χ1) is 16.5. The van der Waals surface area contributed by atoms with Crippen LogP contribution in [0.3, 0.4) is 0 Å². The smallest absolute Gasteiger partial charge is 0.137 e. The second-order valence-corrected chi connectivity index (χ2v) is 10.9. The van der Waals surface area contributed by atoms with Crippen molar-refractivity contribution in [3.8, 4) is 33.6 Å². The summed E-state index contributed by atoms with van der Waals surface area (Å²) in [6.07, 6.45) is 8.44. The molecule has 0 N–H and O–H groups in total. The highest BCUT2D eigenvalue weighted by molar-refractivity contribution is 14.1. The van der Waals surface area contributed by atoms with E-state index in [1.807, 2.05) is 0 Å². The molecule has 0 amide bonds. The fourth-order valence-electron chi connectivity index (χ4n) is 4.60. The van der Waals surface area contributed by atoms with Gasteiger partial charge in [0.1, 0.15) is 11.3 Å². The molecule has 4 heterocycles. The van der Waals surface area contributed by atoms with Gasteiger partial charge in [-0.3, -0.25) is 0 Å². The van der Waals surface area contributed by atoms with Crippen molar-refractivity contribution >= 4 is 56.5 Å². The molecule has 6 rings (SSSR count). The van der Waals surface area contributed by atoms with Crippen LogP contribution < -0.4 is 0 Å². The third kappa shape index (κ3) is 3.73. The van der Waals surface area contributed by atoms with Crippen molar-refractivity contribution in [1.29, 1.82) is 0 Å². The fraction of sp³-hybridized carbons (Fsp3) is 0.0714. The molecule has 6 heteroatoms. The predicted octanol–water partition coefficient (Wildman–Crippen LogP) is 7.81. The summed E-state index contributed by atoms with van der Waals surface area (Å²) in [5.41, 5.74) is 11.1. The van der Waals surface area contributed by atoms with Crippen LogP contribution in [0.25, 0.3) is 44.9 Å². The Labute approximate surface area is 225 Å². The summed E-state index contributed by atoms with van der Waals surface area (Å²) < 4.78 is 6.57. The third-order valence-electron chi connectivity index (χ3n) is 6.34. The number of imidazole rings is 2. The molecule has 0 saturated heterocycles. The van der Waals surface area contributed by atoms with Gasteiger partial charge in [-0.2, -0.15) is 0 Å². The average Bonchev–Trinajstić information content (AvgIpc) is 3.43. The van der Waals surface area contributed by atoms with E-state index in [1.54, 1.807) is 0 Å². The predicted molar refractivity (Wildman–Crippen MR) is 155 cm³/mol. The molecule has 0 aliphatic carbocycles.